The average Bonchev–Trinajstić information content (AvgIpc) is 2.92. The number of carbonyl (C=O) groups excluding carboxylic acids is 1. The number of ether oxygens (including phenoxy) is 1. The molecule has 2 aromatic heterocycles. The summed E-state index contributed by atoms with van der Waals surface area (Å²) in [5.74, 6) is 0.547. The predicted molar refractivity (Wildman–Crippen MR) is 67.5 cm³/mol. The van der Waals surface area contributed by atoms with E-state index in [1.807, 2.05) is 13.8 Å². The molecule has 0 aliphatic carbocycles. The molecular formula is C12H15N5O2. The third-order valence-electron chi connectivity index (χ3n) is 2.49. The number of esters is 1. The van der Waals surface area contributed by atoms with Crippen molar-refractivity contribution in [2.45, 2.75) is 26.7 Å². The Morgan fingerprint density at radius 3 is 2.79 bits per heavy atom. The van der Waals surface area contributed by atoms with Crippen LogP contribution < -0.4 is 0 Å². The molecule has 2 aromatic rings. The molecule has 0 radical (unpaired) electrons. The van der Waals surface area contributed by atoms with Crippen molar-refractivity contribution < 1.29 is 9.53 Å². The lowest BCUT2D eigenvalue weighted by Crippen LogP contribution is -2.12. The van der Waals surface area contributed by atoms with Crippen molar-refractivity contribution in [3.8, 4) is 11.6 Å². The second-order valence-corrected chi connectivity index (χ2v) is 4.20. The second-order valence-electron chi connectivity index (χ2n) is 4.20. The van der Waals surface area contributed by atoms with Crippen LogP contribution in [0.15, 0.2) is 12.5 Å². The maximum atomic E-state index is 11.8. The summed E-state index contributed by atoms with van der Waals surface area (Å²) in [6.07, 6.45) is 2.85. The third kappa shape index (κ3) is 2.75. The zero-order valence-corrected chi connectivity index (χ0v) is 11.0. The van der Waals surface area contributed by atoms with Crippen molar-refractivity contribution in [3.63, 3.8) is 0 Å². The lowest BCUT2D eigenvalue weighted by molar-refractivity contribution is 0.0523. The molecule has 100 valence electrons. The Bertz CT molecular complexity index is 566. The van der Waals surface area contributed by atoms with Gasteiger partial charge in [-0.2, -0.15) is 5.10 Å². The molecule has 0 aliphatic rings. The van der Waals surface area contributed by atoms with Gasteiger partial charge in [0.2, 0.25) is 0 Å². The van der Waals surface area contributed by atoms with E-state index < -0.39 is 5.97 Å². The Labute approximate surface area is 110 Å². The molecule has 2 heterocycles. The Morgan fingerprint density at radius 1 is 1.42 bits per heavy atom. The number of aromatic nitrogens is 5. The van der Waals surface area contributed by atoms with Crippen LogP contribution in [-0.4, -0.2) is 37.7 Å². The number of nitrogens with one attached hydrogen (secondary N) is 1. The first kappa shape index (κ1) is 13.1. The summed E-state index contributed by atoms with van der Waals surface area (Å²) in [5.41, 5.74) is 1.03. The minimum atomic E-state index is -0.407. The number of hydrogen-bond acceptors (Lipinski definition) is 6. The van der Waals surface area contributed by atoms with Crippen molar-refractivity contribution in [2.24, 2.45) is 0 Å². The molecule has 2 rings (SSSR count). The Morgan fingerprint density at radius 2 is 2.21 bits per heavy atom. The topological polar surface area (TPSA) is 93.6 Å². The van der Waals surface area contributed by atoms with E-state index in [0.29, 0.717) is 29.5 Å². The molecule has 0 bridgehead atoms. The van der Waals surface area contributed by atoms with E-state index in [2.05, 4.69) is 25.1 Å². The van der Waals surface area contributed by atoms with Gasteiger partial charge in [-0.3, -0.25) is 5.10 Å². The summed E-state index contributed by atoms with van der Waals surface area (Å²) in [7, 11) is 0. The van der Waals surface area contributed by atoms with Crippen LogP contribution in [-0.2, 0) is 4.74 Å². The molecule has 0 aliphatic heterocycles. The Hall–Kier alpha value is -2.31. The van der Waals surface area contributed by atoms with Crippen molar-refractivity contribution in [2.75, 3.05) is 6.61 Å². The van der Waals surface area contributed by atoms with Gasteiger partial charge in [0.15, 0.2) is 11.6 Å². The molecule has 0 amide bonds. The molecule has 0 aromatic carbocycles. The van der Waals surface area contributed by atoms with Gasteiger partial charge in [-0.25, -0.2) is 19.7 Å². The van der Waals surface area contributed by atoms with E-state index >= 15 is 0 Å². The zero-order valence-electron chi connectivity index (χ0n) is 11.0. The highest BCUT2D eigenvalue weighted by molar-refractivity contribution is 5.90. The number of aromatic amines is 1. The smallest absolute Gasteiger partial charge is 0.341 e. The molecular weight excluding hydrogens is 246 g/mol. The fraction of sp³-hybridized carbons (Fsp3) is 0.417. The van der Waals surface area contributed by atoms with Crippen molar-refractivity contribution in [3.05, 3.63) is 23.8 Å². The summed E-state index contributed by atoms with van der Waals surface area (Å²) in [5, 5.41) is 6.44. The minimum Gasteiger partial charge on any atom is -0.462 e. The highest BCUT2D eigenvalue weighted by atomic mass is 16.5. The van der Waals surface area contributed by atoms with Gasteiger partial charge in [-0.1, -0.05) is 13.8 Å². The van der Waals surface area contributed by atoms with Gasteiger partial charge in [0.25, 0.3) is 0 Å². The number of H-pyrrole nitrogens is 1. The summed E-state index contributed by atoms with van der Waals surface area (Å²) >= 11 is 0. The normalized spacial score (nSPS) is 10.7. The van der Waals surface area contributed by atoms with E-state index in [-0.39, 0.29) is 5.92 Å². The van der Waals surface area contributed by atoms with Gasteiger partial charge in [0, 0.05) is 6.20 Å². The first-order chi connectivity index (χ1) is 9.13. The van der Waals surface area contributed by atoms with Gasteiger partial charge in [-0.15, -0.1) is 0 Å². The highest BCUT2D eigenvalue weighted by Gasteiger charge is 2.19. The molecule has 0 saturated carbocycles. The molecule has 1 N–H and O–H groups in total. The lowest BCUT2D eigenvalue weighted by Gasteiger charge is -2.11. The van der Waals surface area contributed by atoms with Crippen LogP contribution in [0, 0.1) is 0 Å². The minimum absolute atomic E-state index is 0.0732. The third-order valence-corrected chi connectivity index (χ3v) is 2.49. The van der Waals surface area contributed by atoms with E-state index in [1.165, 1.54) is 12.5 Å². The number of rotatable bonds is 4. The standard InChI is InChI=1S/C12H15N5O2/c1-4-19-12(18)8-5-13-10(11-14-6-15-17-11)16-9(8)7(2)3/h5-7H,4H2,1-3H3,(H,14,15,17). The van der Waals surface area contributed by atoms with Crippen LogP contribution in [0.4, 0.5) is 0 Å². The molecule has 7 nitrogen and oxygen atoms in total. The fourth-order valence-electron chi connectivity index (χ4n) is 1.63. The van der Waals surface area contributed by atoms with Gasteiger partial charge in [0.05, 0.1) is 17.9 Å². The first-order valence-electron chi connectivity index (χ1n) is 6.03. The van der Waals surface area contributed by atoms with Crippen LogP contribution in [0.2, 0.25) is 0 Å². The van der Waals surface area contributed by atoms with Crippen LogP contribution >= 0.6 is 0 Å². The van der Waals surface area contributed by atoms with Gasteiger partial charge >= 0.3 is 5.97 Å². The largest absolute Gasteiger partial charge is 0.462 e. The van der Waals surface area contributed by atoms with Crippen molar-refractivity contribution in [1.82, 2.24) is 25.1 Å². The maximum absolute atomic E-state index is 11.8. The van der Waals surface area contributed by atoms with E-state index in [9.17, 15) is 4.79 Å². The van der Waals surface area contributed by atoms with Crippen molar-refractivity contribution >= 4 is 5.97 Å². The first-order valence-corrected chi connectivity index (χ1v) is 6.03. The van der Waals surface area contributed by atoms with Gasteiger partial charge < -0.3 is 4.74 Å². The van der Waals surface area contributed by atoms with Crippen LogP contribution in [0.25, 0.3) is 11.6 Å². The summed E-state index contributed by atoms with van der Waals surface area (Å²) in [4.78, 5) is 24.3. The van der Waals surface area contributed by atoms with Gasteiger partial charge in [-0.05, 0) is 12.8 Å². The van der Waals surface area contributed by atoms with Crippen LogP contribution in [0.3, 0.4) is 0 Å². The molecule has 0 saturated heterocycles. The predicted octanol–water partition coefficient (Wildman–Crippen LogP) is 1.56. The average molecular weight is 261 g/mol. The molecule has 0 spiro atoms. The number of carbonyl (C=O) groups is 1. The van der Waals surface area contributed by atoms with Crippen molar-refractivity contribution in [1.29, 1.82) is 0 Å². The van der Waals surface area contributed by atoms with Crippen LogP contribution in [0.5, 0.6) is 0 Å². The summed E-state index contributed by atoms with van der Waals surface area (Å²) < 4.78 is 4.99. The van der Waals surface area contributed by atoms with E-state index in [1.54, 1.807) is 6.92 Å². The lowest BCUT2D eigenvalue weighted by atomic mass is 10.1. The molecule has 0 fully saturated rings. The number of nitrogens with zero attached hydrogens (tertiary/aromatic N) is 4. The molecule has 0 atom stereocenters. The van der Waals surface area contributed by atoms with E-state index in [0.717, 1.165) is 0 Å². The van der Waals surface area contributed by atoms with Gasteiger partial charge in [0.1, 0.15) is 6.33 Å². The quantitative estimate of drug-likeness (QED) is 0.839. The van der Waals surface area contributed by atoms with E-state index in [4.69, 9.17) is 4.74 Å². The van der Waals surface area contributed by atoms with Crippen LogP contribution in [0.1, 0.15) is 42.7 Å². The zero-order chi connectivity index (χ0) is 13.8. The molecule has 0 unspecified atom stereocenters. The SMILES string of the molecule is CCOC(=O)c1cnc(-c2ncn[nH]2)nc1C(C)C. The maximum Gasteiger partial charge on any atom is 0.341 e. The second kappa shape index (κ2) is 5.55. The summed E-state index contributed by atoms with van der Waals surface area (Å²) in [6, 6.07) is 0. The highest BCUT2D eigenvalue weighted by Crippen LogP contribution is 2.20. The molecule has 7 heteroatoms. The monoisotopic (exact) mass is 261 g/mol. The Kier molecular flexibility index (Phi) is 3.84. The number of hydrogen-bond donors (Lipinski definition) is 1. The fourth-order valence-corrected chi connectivity index (χ4v) is 1.63. The Balaban J connectivity index is 2.44. The molecule has 19 heavy (non-hydrogen) atoms. The summed E-state index contributed by atoms with van der Waals surface area (Å²) in [6.45, 7) is 5.99.